The van der Waals surface area contributed by atoms with Crippen molar-refractivity contribution in [3.05, 3.63) is 60.4 Å². The van der Waals surface area contributed by atoms with Gasteiger partial charge < -0.3 is 9.64 Å². The van der Waals surface area contributed by atoms with Crippen molar-refractivity contribution < 1.29 is 14.3 Å². The number of rotatable bonds is 2. The van der Waals surface area contributed by atoms with Crippen LogP contribution in [-0.2, 0) is 14.9 Å². The summed E-state index contributed by atoms with van der Waals surface area (Å²) in [6.45, 7) is 7.05. The van der Waals surface area contributed by atoms with Gasteiger partial charge in [-0.1, -0.05) is 30.3 Å². The first kappa shape index (κ1) is 18.2. The highest BCUT2D eigenvalue weighted by atomic mass is 16.6. The molecule has 0 radical (unpaired) electrons. The van der Waals surface area contributed by atoms with Crippen molar-refractivity contribution in [1.29, 1.82) is 0 Å². The number of hydrogen-bond acceptors (Lipinski definition) is 3. The first-order chi connectivity index (χ1) is 12.3. The van der Waals surface area contributed by atoms with Crippen LogP contribution in [0.25, 0.3) is 0 Å². The summed E-state index contributed by atoms with van der Waals surface area (Å²) >= 11 is 0. The van der Waals surface area contributed by atoms with E-state index in [4.69, 9.17) is 4.74 Å². The first-order valence-electron chi connectivity index (χ1n) is 9.07. The molecule has 0 spiro atoms. The van der Waals surface area contributed by atoms with E-state index in [0.717, 1.165) is 31.5 Å². The Kier molecular flexibility index (Phi) is 4.90. The molecule has 138 valence electrons. The van der Waals surface area contributed by atoms with Gasteiger partial charge in [-0.3, -0.25) is 9.69 Å². The molecule has 1 fully saturated rings. The standard InChI is InChI=1S/C21H26N2O3/c1-20(2,3)26-19(25)23-15-11-21(12-16-23,17-9-5-4-6-10-17)18(24)22-13-7-8-14-22/h4-6,9-12,15-16H,7-8,13-14H2,1-3H3. The lowest BCUT2D eigenvalue weighted by Crippen LogP contribution is -2.45. The van der Waals surface area contributed by atoms with Crippen molar-refractivity contribution in [3.63, 3.8) is 0 Å². The van der Waals surface area contributed by atoms with E-state index < -0.39 is 17.1 Å². The quantitative estimate of drug-likeness (QED) is 0.811. The molecule has 5 heteroatoms. The normalized spacial score (nSPS) is 18.9. The van der Waals surface area contributed by atoms with E-state index in [1.54, 1.807) is 24.6 Å². The van der Waals surface area contributed by atoms with Gasteiger partial charge in [-0.25, -0.2) is 4.79 Å². The average Bonchev–Trinajstić information content (AvgIpc) is 3.15. The Morgan fingerprint density at radius 1 is 1.00 bits per heavy atom. The van der Waals surface area contributed by atoms with Crippen molar-refractivity contribution in [2.75, 3.05) is 13.1 Å². The van der Waals surface area contributed by atoms with E-state index in [1.165, 1.54) is 4.90 Å². The van der Waals surface area contributed by atoms with Crippen LogP contribution in [0.3, 0.4) is 0 Å². The topological polar surface area (TPSA) is 49.9 Å². The summed E-state index contributed by atoms with van der Waals surface area (Å²) in [7, 11) is 0. The Labute approximate surface area is 154 Å². The molecule has 2 heterocycles. The third kappa shape index (κ3) is 3.66. The molecule has 5 nitrogen and oxygen atoms in total. The fourth-order valence-electron chi connectivity index (χ4n) is 3.29. The third-order valence-electron chi connectivity index (χ3n) is 4.60. The molecule has 1 saturated heterocycles. The zero-order valence-corrected chi connectivity index (χ0v) is 15.6. The van der Waals surface area contributed by atoms with Crippen molar-refractivity contribution in [1.82, 2.24) is 9.80 Å². The minimum Gasteiger partial charge on any atom is -0.443 e. The van der Waals surface area contributed by atoms with Crippen LogP contribution in [0.15, 0.2) is 54.9 Å². The molecular weight excluding hydrogens is 328 g/mol. The molecule has 0 aliphatic carbocycles. The van der Waals surface area contributed by atoms with E-state index in [9.17, 15) is 9.59 Å². The van der Waals surface area contributed by atoms with Crippen LogP contribution < -0.4 is 0 Å². The second kappa shape index (κ2) is 6.98. The van der Waals surface area contributed by atoms with Gasteiger partial charge in [0.05, 0.1) is 0 Å². The van der Waals surface area contributed by atoms with Crippen molar-refractivity contribution in [2.24, 2.45) is 0 Å². The first-order valence-corrected chi connectivity index (χ1v) is 9.07. The van der Waals surface area contributed by atoms with Gasteiger partial charge in [0.1, 0.15) is 11.0 Å². The molecule has 1 aromatic rings. The van der Waals surface area contributed by atoms with E-state index in [0.29, 0.717) is 0 Å². The maximum Gasteiger partial charge on any atom is 0.418 e. The summed E-state index contributed by atoms with van der Waals surface area (Å²) in [5.74, 6) is 0.0533. The SMILES string of the molecule is CC(C)(C)OC(=O)N1C=CC(C(=O)N2CCCC2)(c2ccccc2)C=C1. The number of likely N-dealkylation sites (tertiary alicyclic amines) is 1. The molecule has 0 aromatic heterocycles. The molecule has 2 aliphatic rings. The molecule has 3 rings (SSSR count). The molecule has 2 aliphatic heterocycles. The van der Waals surface area contributed by atoms with Crippen molar-refractivity contribution in [2.45, 2.75) is 44.6 Å². The maximum atomic E-state index is 13.3. The summed E-state index contributed by atoms with van der Waals surface area (Å²) in [6, 6.07) is 9.69. The van der Waals surface area contributed by atoms with E-state index in [1.807, 2.05) is 56.0 Å². The number of nitrogens with zero attached hydrogens (tertiary/aromatic N) is 2. The predicted molar refractivity (Wildman–Crippen MR) is 100 cm³/mol. The smallest absolute Gasteiger partial charge is 0.418 e. The molecule has 0 bridgehead atoms. The molecular formula is C21H26N2O3. The zero-order chi connectivity index (χ0) is 18.8. The number of amides is 2. The van der Waals surface area contributed by atoms with Gasteiger partial charge in [0, 0.05) is 25.5 Å². The van der Waals surface area contributed by atoms with Crippen molar-refractivity contribution in [3.8, 4) is 0 Å². The summed E-state index contributed by atoms with van der Waals surface area (Å²) < 4.78 is 5.40. The summed E-state index contributed by atoms with van der Waals surface area (Å²) in [4.78, 5) is 28.9. The molecule has 0 unspecified atom stereocenters. The summed E-state index contributed by atoms with van der Waals surface area (Å²) in [6.07, 6.45) is 8.48. The summed E-state index contributed by atoms with van der Waals surface area (Å²) in [5.41, 5.74) is -0.560. The Bertz CT molecular complexity index is 711. The van der Waals surface area contributed by atoms with Gasteiger partial charge in [0.2, 0.25) is 5.91 Å². The highest BCUT2D eigenvalue weighted by molar-refractivity contribution is 5.93. The minimum absolute atomic E-state index is 0.0533. The van der Waals surface area contributed by atoms with E-state index in [-0.39, 0.29) is 5.91 Å². The monoisotopic (exact) mass is 354 g/mol. The molecule has 2 amide bonds. The van der Waals surface area contributed by atoms with E-state index >= 15 is 0 Å². The fourth-order valence-corrected chi connectivity index (χ4v) is 3.29. The Hall–Kier alpha value is -2.56. The zero-order valence-electron chi connectivity index (χ0n) is 15.6. The molecule has 0 N–H and O–H groups in total. The molecule has 1 aromatic carbocycles. The van der Waals surface area contributed by atoms with Gasteiger partial charge in [-0.2, -0.15) is 0 Å². The number of hydrogen-bond donors (Lipinski definition) is 0. The lowest BCUT2D eigenvalue weighted by Gasteiger charge is -2.34. The van der Waals surface area contributed by atoms with Gasteiger partial charge in [0.15, 0.2) is 0 Å². The molecule has 0 saturated carbocycles. The number of carbonyl (C=O) groups is 2. The minimum atomic E-state index is -0.885. The van der Waals surface area contributed by atoms with Crippen LogP contribution in [0.2, 0.25) is 0 Å². The lowest BCUT2D eigenvalue weighted by molar-refractivity contribution is -0.133. The lowest BCUT2D eigenvalue weighted by atomic mass is 9.78. The predicted octanol–water partition coefficient (Wildman–Crippen LogP) is 3.82. The van der Waals surface area contributed by atoms with Gasteiger partial charge in [-0.05, 0) is 51.3 Å². The van der Waals surface area contributed by atoms with Crippen molar-refractivity contribution >= 4 is 12.0 Å². The van der Waals surface area contributed by atoms with Gasteiger partial charge in [-0.15, -0.1) is 0 Å². The second-order valence-corrected chi connectivity index (χ2v) is 7.75. The van der Waals surface area contributed by atoms with Crippen LogP contribution in [0.5, 0.6) is 0 Å². The Morgan fingerprint density at radius 3 is 2.12 bits per heavy atom. The number of benzene rings is 1. The highest BCUT2D eigenvalue weighted by Gasteiger charge is 2.41. The van der Waals surface area contributed by atoms with Gasteiger partial charge in [0.25, 0.3) is 0 Å². The largest absolute Gasteiger partial charge is 0.443 e. The number of carbonyl (C=O) groups excluding carboxylic acids is 2. The van der Waals surface area contributed by atoms with Crippen LogP contribution >= 0.6 is 0 Å². The van der Waals surface area contributed by atoms with Crippen LogP contribution in [0.4, 0.5) is 4.79 Å². The summed E-state index contributed by atoms with van der Waals surface area (Å²) in [5, 5.41) is 0. The molecule has 0 atom stereocenters. The fraction of sp³-hybridized carbons (Fsp3) is 0.429. The number of ether oxygens (including phenoxy) is 1. The Balaban J connectivity index is 1.90. The van der Waals surface area contributed by atoms with Crippen LogP contribution in [0.1, 0.15) is 39.2 Å². The third-order valence-corrected chi connectivity index (χ3v) is 4.60. The molecule has 26 heavy (non-hydrogen) atoms. The Morgan fingerprint density at radius 2 is 1.58 bits per heavy atom. The average molecular weight is 354 g/mol. The second-order valence-electron chi connectivity index (χ2n) is 7.75. The van der Waals surface area contributed by atoms with Gasteiger partial charge >= 0.3 is 6.09 Å². The highest BCUT2D eigenvalue weighted by Crippen LogP contribution is 2.34. The van der Waals surface area contributed by atoms with Crippen LogP contribution in [0, 0.1) is 0 Å². The van der Waals surface area contributed by atoms with Crippen LogP contribution in [-0.4, -0.2) is 40.5 Å². The maximum absolute atomic E-state index is 13.3. The van der Waals surface area contributed by atoms with E-state index in [2.05, 4.69) is 0 Å².